The van der Waals surface area contributed by atoms with Gasteiger partial charge >= 0.3 is 0 Å². The van der Waals surface area contributed by atoms with Crippen LogP contribution < -0.4 is 5.32 Å². The van der Waals surface area contributed by atoms with E-state index in [0.717, 1.165) is 25.1 Å². The van der Waals surface area contributed by atoms with Gasteiger partial charge < -0.3 is 9.84 Å². The van der Waals surface area contributed by atoms with E-state index in [1.54, 1.807) is 6.07 Å². The highest BCUT2D eigenvalue weighted by molar-refractivity contribution is 5.32. The molecule has 0 aromatic heterocycles. The van der Waals surface area contributed by atoms with Gasteiger partial charge in [0, 0.05) is 6.54 Å². The van der Waals surface area contributed by atoms with Crippen molar-refractivity contribution in [3.63, 3.8) is 0 Å². The first-order valence-corrected chi connectivity index (χ1v) is 5.39. The average molecular weight is 207 g/mol. The molecule has 3 nitrogen and oxygen atoms in total. The quantitative estimate of drug-likeness (QED) is 0.789. The minimum absolute atomic E-state index is 0.129. The van der Waals surface area contributed by atoms with Crippen molar-refractivity contribution in [1.29, 1.82) is 0 Å². The van der Waals surface area contributed by atoms with Crippen molar-refractivity contribution in [2.45, 2.75) is 19.6 Å². The molecule has 1 aromatic rings. The predicted octanol–water partition coefficient (Wildman–Crippen LogP) is 1.52. The number of para-hydroxylation sites is 1. The van der Waals surface area contributed by atoms with E-state index in [2.05, 4.69) is 12.2 Å². The van der Waals surface area contributed by atoms with Crippen LogP contribution in [0.3, 0.4) is 0 Å². The van der Waals surface area contributed by atoms with Gasteiger partial charge in [0.25, 0.3) is 0 Å². The average Bonchev–Trinajstić information content (AvgIpc) is 2.74. The number of phenolic OH excluding ortho intramolecular Hbond substituents is 1. The van der Waals surface area contributed by atoms with Gasteiger partial charge in [-0.25, -0.2) is 0 Å². The monoisotopic (exact) mass is 207 g/mol. The van der Waals surface area contributed by atoms with E-state index < -0.39 is 0 Å². The number of hydrogen-bond acceptors (Lipinski definition) is 3. The molecular weight excluding hydrogens is 190 g/mol. The number of rotatable bonds is 3. The number of phenols is 1. The van der Waals surface area contributed by atoms with Crippen molar-refractivity contribution in [3.05, 3.63) is 29.8 Å². The summed E-state index contributed by atoms with van der Waals surface area (Å²) in [6, 6.07) is 7.48. The molecule has 1 aromatic carbocycles. The summed E-state index contributed by atoms with van der Waals surface area (Å²) in [4.78, 5) is 0. The molecule has 0 saturated carbocycles. The lowest BCUT2D eigenvalue weighted by Crippen LogP contribution is -2.31. The second-order valence-electron chi connectivity index (χ2n) is 4.06. The first-order valence-electron chi connectivity index (χ1n) is 5.39. The Hall–Kier alpha value is -1.06. The first-order chi connectivity index (χ1) is 7.27. The molecule has 0 spiro atoms. The molecule has 2 N–H and O–H groups in total. The van der Waals surface area contributed by atoms with E-state index in [-0.39, 0.29) is 6.23 Å². The molecule has 1 heterocycles. The van der Waals surface area contributed by atoms with Crippen LogP contribution in [-0.2, 0) is 11.2 Å². The standard InChI is InChI=1S/C12H17NO2/c1-9(12-13-6-7-15-12)8-10-4-2-3-5-11(10)14/h2-5,9,12-14H,6-8H2,1H3. The molecule has 1 saturated heterocycles. The van der Waals surface area contributed by atoms with Crippen LogP contribution in [0.1, 0.15) is 12.5 Å². The zero-order valence-electron chi connectivity index (χ0n) is 8.94. The van der Waals surface area contributed by atoms with Crippen molar-refractivity contribution in [2.24, 2.45) is 5.92 Å². The summed E-state index contributed by atoms with van der Waals surface area (Å²) in [5, 5.41) is 12.9. The van der Waals surface area contributed by atoms with Crippen LogP contribution in [0.15, 0.2) is 24.3 Å². The fourth-order valence-electron chi connectivity index (χ4n) is 1.95. The Morgan fingerprint density at radius 3 is 3.00 bits per heavy atom. The van der Waals surface area contributed by atoms with Crippen LogP contribution in [0.2, 0.25) is 0 Å². The summed E-state index contributed by atoms with van der Waals surface area (Å²) < 4.78 is 5.53. The Kier molecular flexibility index (Phi) is 3.23. The van der Waals surface area contributed by atoms with Gasteiger partial charge in [0.1, 0.15) is 12.0 Å². The van der Waals surface area contributed by atoms with Crippen molar-refractivity contribution in [3.8, 4) is 5.75 Å². The summed E-state index contributed by atoms with van der Waals surface area (Å²) in [5.41, 5.74) is 0.988. The van der Waals surface area contributed by atoms with Crippen LogP contribution >= 0.6 is 0 Å². The van der Waals surface area contributed by atoms with Gasteiger partial charge in [-0.2, -0.15) is 0 Å². The minimum atomic E-state index is 0.129. The zero-order valence-corrected chi connectivity index (χ0v) is 8.94. The fraction of sp³-hybridized carbons (Fsp3) is 0.500. The lowest BCUT2D eigenvalue weighted by molar-refractivity contribution is 0.0584. The van der Waals surface area contributed by atoms with Gasteiger partial charge in [-0.05, 0) is 24.0 Å². The normalized spacial score (nSPS) is 22.9. The lowest BCUT2D eigenvalue weighted by Gasteiger charge is -2.19. The first kappa shape index (κ1) is 10.5. The third-order valence-corrected chi connectivity index (χ3v) is 2.80. The Morgan fingerprint density at radius 2 is 2.33 bits per heavy atom. The zero-order chi connectivity index (χ0) is 10.7. The van der Waals surface area contributed by atoms with Crippen LogP contribution in [0.4, 0.5) is 0 Å². The van der Waals surface area contributed by atoms with Crippen molar-refractivity contribution < 1.29 is 9.84 Å². The third-order valence-electron chi connectivity index (χ3n) is 2.80. The smallest absolute Gasteiger partial charge is 0.118 e. The minimum Gasteiger partial charge on any atom is -0.508 e. The molecule has 0 bridgehead atoms. The molecule has 82 valence electrons. The fourth-order valence-corrected chi connectivity index (χ4v) is 1.95. The van der Waals surface area contributed by atoms with Gasteiger partial charge in [-0.15, -0.1) is 0 Å². The molecule has 3 heteroatoms. The van der Waals surface area contributed by atoms with Crippen molar-refractivity contribution in [2.75, 3.05) is 13.2 Å². The van der Waals surface area contributed by atoms with Crippen LogP contribution in [0.25, 0.3) is 0 Å². The van der Waals surface area contributed by atoms with Crippen LogP contribution in [0, 0.1) is 5.92 Å². The maximum Gasteiger partial charge on any atom is 0.118 e. The molecule has 1 fully saturated rings. The molecule has 2 atom stereocenters. The summed E-state index contributed by atoms with van der Waals surface area (Å²) in [7, 11) is 0. The second-order valence-corrected chi connectivity index (χ2v) is 4.06. The third kappa shape index (κ3) is 2.49. The molecule has 0 aliphatic carbocycles. The van der Waals surface area contributed by atoms with E-state index >= 15 is 0 Å². The Labute approximate surface area is 90.1 Å². The van der Waals surface area contributed by atoms with Crippen molar-refractivity contribution >= 4 is 0 Å². The maximum atomic E-state index is 9.64. The van der Waals surface area contributed by atoms with Gasteiger partial charge in [0.05, 0.1) is 6.61 Å². The number of benzene rings is 1. The lowest BCUT2D eigenvalue weighted by atomic mass is 9.99. The number of nitrogens with one attached hydrogen (secondary N) is 1. The van der Waals surface area contributed by atoms with Gasteiger partial charge in [-0.1, -0.05) is 25.1 Å². The van der Waals surface area contributed by atoms with E-state index in [9.17, 15) is 5.11 Å². The van der Waals surface area contributed by atoms with Gasteiger partial charge in [-0.3, -0.25) is 5.32 Å². The molecule has 0 radical (unpaired) electrons. The molecule has 1 aliphatic rings. The summed E-state index contributed by atoms with van der Waals surface area (Å²) in [5.74, 6) is 0.753. The highest BCUT2D eigenvalue weighted by Gasteiger charge is 2.22. The summed E-state index contributed by atoms with van der Waals surface area (Å²) >= 11 is 0. The molecule has 2 unspecified atom stereocenters. The van der Waals surface area contributed by atoms with Crippen LogP contribution in [0.5, 0.6) is 5.75 Å². The number of aromatic hydroxyl groups is 1. The van der Waals surface area contributed by atoms with Gasteiger partial charge in [0.2, 0.25) is 0 Å². The largest absolute Gasteiger partial charge is 0.508 e. The Morgan fingerprint density at radius 1 is 1.53 bits per heavy atom. The Bertz CT molecular complexity index is 321. The number of hydrogen-bond donors (Lipinski definition) is 2. The van der Waals surface area contributed by atoms with E-state index in [0.29, 0.717) is 11.7 Å². The second kappa shape index (κ2) is 4.64. The van der Waals surface area contributed by atoms with E-state index in [1.165, 1.54) is 0 Å². The molecule has 15 heavy (non-hydrogen) atoms. The molecule has 0 amide bonds. The summed E-state index contributed by atoms with van der Waals surface area (Å²) in [6.07, 6.45) is 0.967. The number of ether oxygens (including phenoxy) is 1. The topological polar surface area (TPSA) is 41.5 Å². The van der Waals surface area contributed by atoms with E-state index in [1.807, 2.05) is 18.2 Å². The molecule has 2 rings (SSSR count). The van der Waals surface area contributed by atoms with Crippen molar-refractivity contribution in [1.82, 2.24) is 5.32 Å². The predicted molar refractivity (Wildman–Crippen MR) is 58.7 cm³/mol. The highest BCUT2D eigenvalue weighted by atomic mass is 16.5. The molecule has 1 aliphatic heterocycles. The van der Waals surface area contributed by atoms with E-state index in [4.69, 9.17) is 4.74 Å². The Balaban J connectivity index is 1.99. The highest BCUT2D eigenvalue weighted by Crippen LogP contribution is 2.22. The molecular formula is C12H17NO2. The maximum absolute atomic E-state index is 9.64. The van der Waals surface area contributed by atoms with Crippen LogP contribution in [-0.4, -0.2) is 24.5 Å². The van der Waals surface area contributed by atoms with Gasteiger partial charge in [0.15, 0.2) is 0 Å². The SMILES string of the molecule is CC(Cc1ccccc1O)C1NCCO1. The summed E-state index contributed by atoms with van der Waals surface area (Å²) in [6.45, 7) is 3.85.